The van der Waals surface area contributed by atoms with Gasteiger partial charge in [0.25, 0.3) is 0 Å². The fraction of sp³-hybridized carbons (Fsp3) is 0.579. The summed E-state index contributed by atoms with van der Waals surface area (Å²) in [5, 5.41) is 2.97. The summed E-state index contributed by atoms with van der Waals surface area (Å²) in [5.41, 5.74) is 6.78. The van der Waals surface area contributed by atoms with Crippen molar-refractivity contribution in [2.45, 2.75) is 56.5 Å². The van der Waals surface area contributed by atoms with E-state index in [1.807, 2.05) is 23.1 Å². The highest BCUT2D eigenvalue weighted by molar-refractivity contribution is 5.91. The van der Waals surface area contributed by atoms with Crippen molar-refractivity contribution in [2.75, 3.05) is 13.1 Å². The minimum absolute atomic E-state index is 0. The summed E-state index contributed by atoms with van der Waals surface area (Å²) in [4.78, 5) is 26.8. The number of nitrogens with one attached hydrogen (secondary N) is 1. The summed E-state index contributed by atoms with van der Waals surface area (Å²) in [6, 6.07) is 10.1. The Morgan fingerprint density at radius 2 is 1.76 bits per heavy atom. The molecule has 1 aliphatic heterocycles. The van der Waals surface area contributed by atoms with Crippen LogP contribution < -0.4 is 11.1 Å². The molecule has 1 saturated heterocycles. The van der Waals surface area contributed by atoms with Crippen LogP contribution in [0.25, 0.3) is 0 Å². The van der Waals surface area contributed by atoms with Gasteiger partial charge in [-0.15, -0.1) is 12.4 Å². The molecular weight excluding hydrogens is 338 g/mol. The third kappa shape index (κ3) is 4.15. The predicted molar refractivity (Wildman–Crippen MR) is 101 cm³/mol. The summed E-state index contributed by atoms with van der Waals surface area (Å²) in [6.45, 7) is 2.68. The second kappa shape index (κ2) is 8.19. The average molecular weight is 366 g/mol. The van der Waals surface area contributed by atoms with Crippen LogP contribution in [0.15, 0.2) is 30.3 Å². The van der Waals surface area contributed by atoms with Gasteiger partial charge in [-0.05, 0) is 18.4 Å². The minimum atomic E-state index is -0.727. The zero-order valence-electron chi connectivity index (χ0n) is 14.7. The standard InChI is InChI=1S/C19H27N3O2.ClH/c1-14(23)21-19(10-6-3-7-11-19)18(24)22-12-16(17(20)13-22)15-8-4-2-5-9-15;/h2,4-5,8-9,16-17H,3,6-7,10-13,20H2,1H3,(H,21,23);1H/t16-,17+;/m0./s1. The lowest BCUT2D eigenvalue weighted by molar-refractivity contribution is -0.142. The first-order chi connectivity index (χ1) is 11.5. The van der Waals surface area contributed by atoms with Crippen molar-refractivity contribution < 1.29 is 9.59 Å². The van der Waals surface area contributed by atoms with Crippen LogP contribution in [0.5, 0.6) is 0 Å². The van der Waals surface area contributed by atoms with E-state index in [2.05, 4.69) is 17.4 Å². The quantitative estimate of drug-likeness (QED) is 0.862. The third-order valence-electron chi connectivity index (χ3n) is 5.41. The van der Waals surface area contributed by atoms with Gasteiger partial charge in [0.2, 0.25) is 11.8 Å². The molecule has 0 spiro atoms. The Balaban J connectivity index is 0.00000225. The van der Waals surface area contributed by atoms with Gasteiger partial charge in [-0.3, -0.25) is 9.59 Å². The summed E-state index contributed by atoms with van der Waals surface area (Å²) < 4.78 is 0. The molecule has 2 aliphatic rings. The van der Waals surface area contributed by atoms with Crippen molar-refractivity contribution in [3.8, 4) is 0 Å². The van der Waals surface area contributed by atoms with Gasteiger partial charge < -0.3 is 16.0 Å². The maximum Gasteiger partial charge on any atom is 0.248 e. The lowest BCUT2D eigenvalue weighted by Crippen LogP contribution is -2.60. The Hall–Kier alpha value is -1.59. The van der Waals surface area contributed by atoms with Crippen LogP contribution in [0, 0.1) is 0 Å². The molecule has 0 aromatic heterocycles. The molecule has 138 valence electrons. The monoisotopic (exact) mass is 365 g/mol. The first-order valence-corrected chi connectivity index (χ1v) is 8.90. The van der Waals surface area contributed by atoms with Crippen LogP contribution in [-0.4, -0.2) is 41.4 Å². The van der Waals surface area contributed by atoms with Crippen LogP contribution in [0.1, 0.15) is 50.5 Å². The largest absolute Gasteiger partial charge is 0.342 e. The topological polar surface area (TPSA) is 75.4 Å². The minimum Gasteiger partial charge on any atom is -0.342 e. The summed E-state index contributed by atoms with van der Waals surface area (Å²) in [7, 11) is 0. The molecule has 1 heterocycles. The van der Waals surface area contributed by atoms with Gasteiger partial charge in [0.15, 0.2) is 0 Å². The summed E-state index contributed by atoms with van der Waals surface area (Å²) in [5.74, 6) is 0.0766. The highest BCUT2D eigenvalue weighted by Gasteiger charge is 2.45. The van der Waals surface area contributed by atoms with Gasteiger partial charge in [-0.1, -0.05) is 49.6 Å². The second-order valence-electron chi connectivity index (χ2n) is 7.22. The Labute approximate surface area is 155 Å². The highest BCUT2D eigenvalue weighted by Crippen LogP contribution is 2.33. The van der Waals surface area contributed by atoms with Crippen LogP contribution in [0.2, 0.25) is 0 Å². The normalized spacial score (nSPS) is 25.1. The van der Waals surface area contributed by atoms with Gasteiger partial charge in [0.1, 0.15) is 5.54 Å². The Morgan fingerprint density at radius 3 is 2.36 bits per heavy atom. The molecule has 3 rings (SSSR count). The molecule has 2 amide bonds. The van der Waals surface area contributed by atoms with Crippen molar-refractivity contribution in [3.05, 3.63) is 35.9 Å². The summed E-state index contributed by atoms with van der Waals surface area (Å²) in [6.07, 6.45) is 4.54. The van der Waals surface area contributed by atoms with E-state index in [0.717, 1.165) is 32.1 Å². The molecule has 6 heteroatoms. The number of nitrogens with zero attached hydrogens (tertiary/aromatic N) is 1. The molecule has 5 nitrogen and oxygen atoms in total. The van der Waals surface area contributed by atoms with Gasteiger partial charge in [-0.2, -0.15) is 0 Å². The molecule has 1 aromatic carbocycles. The van der Waals surface area contributed by atoms with E-state index in [-0.39, 0.29) is 36.2 Å². The molecule has 3 N–H and O–H groups in total. The zero-order valence-corrected chi connectivity index (χ0v) is 15.6. The fourth-order valence-corrected chi connectivity index (χ4v) is 4.24. The number of halogens is 1. The second-order valence-corrected chi connectivity index (χ2v) is 7.22. The first kappa shape index (κ1) is 19.7. The predicted octanol–water partition coefficient (Wildman–Crippen LogP) is 2.20. The molecule has 2 fully saturated rings. The number of carbonyl (C=O) groups excluding carboxylic acids is 2. The Kier molecular flexibility index (Phi) is 6.47. The molecule has 0 unspecified atom stereocenters. The maximum absolute atomic E-state index is 13.2. The maximum atomic E-state index is 13.2. The smallest absolute Gasteiger partial charge is 0.248 e. The number of carbonyl (C=O) groups is 2. The van der Waals surface area contributed by atoms with Crippen LogP contribution >= 0.6 is 12.4 Å². The number of likely N-dealkylation sites (tertiary alicyclic amines) is 1. The van der Waals surface area contributed by atoms with E-state index in [1.54, 1.807) is 0 Å². The van der Waals surface area contributed by atoms with E-state index >= 15 is 0 Å². The van der Waals surface area contributed by atoms with Gasteiger partial charge in [0.05, 0.1) is 0 Å². The zero-order chi connectivity index (χ0) is 17.2. The Bertz CT molecular complexity index is 602. The molecule has 0 bridgehead atoms. The van der Waals surface area contributed by atoms with Gasteiger partial charge in [0, 0.05) is 32.0 Å². The fourth-order valence-electron chi connectivity index (χ4n) is 4.24. The molecule has 2 atom stereocenters. The number of benzene rings is 1. The van der Waals surface area contributed by atoms with Crippen LogP contribution in [0.4, 0.5) is 0 Å². The average Bonchev–Trinajstić information content (AvgIpc) is 2.97. The van der Waals surface area contributed by atoms with Gasteiger partial charge in [-0.25, -0.2) is 0 Å². The van der Waals surface area contributed by atoms with Crippen molar-refractivity contribution in [3.63, 3.8) is 0 Å². The lowest BCUT2D eigenvalue weighted by Gasteiger charge is -2.39. The molecule has 1 aromatic rings. The molecular formula is C19H28ClN3O2. The highest BCUT2D eigenvalue weighted by atomic mass is 35.5. The van der Waals surface area contributed by atoms with Crippen molar-refractivity contribution in [1.82, 2.24) is 10.2 Å². The molecule has 25 heavy (non-hydrogen) atoms. The number of rotatable bonds is 3. The van der Waals surface area contributed by atoms with Crippen molar-refractivity contribution in [1.29, 1.82) is 0 Å². The van der Waals surface area contributed by atoms with E-state index in [4.69, 9.17) is 5.73 Å². The van der Waals surface area contributed by atoms with Crippen LogP contribution in [-0.2, 0) is 9.59 Å². The number of nitrogens with two attached hydrogens (primary N) is 1. The van der Waals surface area contributed by atoms with E-state index in [0.29, 0.717) is 13.1 Å². The van der Waals surface area contributed by atoms with E-state index in [1.165, 1.54) is 12.5 Å². The summed E-state index contributed by atoms with van der Waals surface area (Å²) >= 11 is 0. The third-order valence-corrected chi connectivity index (χ3v) is 5.41. The van der Waals surface area contributed by atoms with Crippen molar-refractivity contribution >= 4 is 24.2 Å². The lowest BCUT2D eigenvalue weighted by atomic mass is 9.80. The first-order valence-electron chi connectivity index (χ1n) is 8.90. The molecule has 1 aliphatic carbocycles. The van der Waals surface area contributed by atoms with Gasteiger partial charge >= 0.3 is 0 Å². The van der Waals surface area contributed by atoms with E-state index < -0.39 is 5.54 Å². The van der Waals surface area contributed by atoms with Crippen LogP contribution in [0.3, 0.4) is 0 Å². The Morgan fingerprint density at radius 1 is 1.12 bits per heavy atom. The number of hydrogen-bond donors (Lipinski definition) is 2. The molecule has 0 radical (unpaired) electrons. The van der Waals surface area contributed by atoms with Crippen molar-refractivity contribution in [2.24, 2.45) is 5.73 Å². The number of hydrogen-bond acceptors (Lipinski definition) is 3. The SMILES string of the molecule is CC(=O)NC1(C(=O)N2C[C@@H](N)[C@H](c3ccccc3)C2)CCCCC1.Cl. The number of amides is 2. The molecule has 1 saturated carbocycles. The van der Waals surface area contributed by atoms with E-state index in [9.17, 15) is 9.59 Å².